The van der Waals surface area contributed by atoms with Gasteiger partial charge in [0, 0.05) is 25.8 Å². The predicted octanol–water partition coefficient (Wildman–Crippen LogP) is 2.66. The first-order valence-corrected chi connectivity index (χ1v) is 5.96. The van der Waals surface area contributed by atoms with Gasteiger partial charge in [0.05, 0.1) is 0 Å². The lowest BCUT2D eigenvalue weighted by atomic mass is 9.92. The molecule has 1 heterocycles. The molecule has 0 radical (unpaired) electrons. The fourth-order valence-electron chi connectivity index (χ4n) is 2.33. The number of fused-ring (bicyclic) bond motifs is 1. The van der Waals surface area contributed by atoms with Gasteiger partial charge in [0.1, 0.15) is 5.75 Å². The number of rotatable bonds is 0. The van der Waals surface area contributed by atoms with Crippen LogP contribution in [0.4, 0.5) is 0 Å². The van der Waals surface area contributed by atoms with Gasteiger partial charge in [0.2, 0.25) is 0 Å². The molecule has 3 nitrogen and oxygen atoms in total. The number of aryl methyl sites for hydroxylation is 1. The quantitative estimate of drug-likeness (QED) is 0.553. The molecule has 0 atom stereocenters. The largest absolute Gasteiger partial charge is 0.623 e. The van der Waals surface area contributed by atoms with Crippen LogP contribution in [0.2, 0.25) is 0 Å². The summed E-state index contributed by atoms with van der Waals surface area (Å²) in [6, 6.07) is 1.89. The Morgan fingerprint density at radius 1 is 1.35 bits per heavy atom. The molecule has 1 aliphatic heterocycles. The van der Waals surface area contributed by atoms with Crippen LogP contribution in [0.5, 0.6) is 5.75 Å². The molecule has 1 N–H and O–H groups in total. The predicted molar refractivity (Wildman–Crippen MR) is 68.8 cm³/mol. The van der Waals surface area contributed by atoms with E-state index in [0.29, 0.717) is 5.75 Å². The zero-order chi connectivity index (χ0) is 12.8. The minimum absolute atomic E-state index is 0.356. The molecular formula is C14H19NO2. The number of hydrogen-bond donors (Lipinski definition) is 1. The highest BCUT2D eigenvalue weighted by atomic mass is 16.5. The Kier molecular flexibility index (Phi) is 2.64. The van der Waals surface area contributed by atoms with Gasteiger partial charge >= 0.3 is 0 Å². The lowest BCUT2D eigenvalue weighted by molar-refractivity contribution is -0.536. The molecule has 0 amide bonds. The molecular weight excluding hydrogens is 214 g/mol. The number of nitrogens with zero attached hydrogens (tertiary/aromatic N) is 1. The Labute approximate surface area is 102 Å². The Morgan fingerprint density at radius 2 is 2.00 bits per heavy atom. The molecule has 1 aliphatic rings. The van der Waals surface area contributed by atoms with Crippen molar-refractivity contribution in [2.75, 3.05) is 0 Å². The molecule has 0 aromatic heterocycles. The molecule has 0 bridgehead atoms. The highest BCUT2D eigenvalue weighted by Gasteiger charge is 2.30. The Bertz CT molecular complexity index is 501. The Hall–Kier alpha value is -1.51. The number of phenols is 1. The summed E-state index contributed by atoms with van der Waals surface area (Å²) in [6.45, 7) is 7.68. The van der Waals surface area contributed by atoms with E-state index in [1.807, 2.05) is 33.8 Å². The van der Waals surface area contributed by atoms with Crippen molar-refractivity contribution in [1.82, 2.24) is 0 Å². The van der Waals surface area contributed by atoms with Gasteiger partial charge < -0.3 is 10.3 Å². The first kappa shape index (κ1) is 12.0. The second-order valence-corrected chi connectivity index (χ2v) is 5.50. The van der Waals surface area contributed by atoms with Crippen molar-refractivity contribution in [3.05, 3.63) is 33.5 Å². The highest BCUT2D eigenvalue weighted by molar-refractivity contribution is 5.80. The van der Waals surface area contributed by atoms with Gasteiger partial charge in [-0.05, 0) is 43.0 Å². The molecule has 1 aromatic rings. The van der Waals surface area contributed by atoms with E-state index < -0.39 is 0 Å². The zero-order valence-corrected chi connectivity index (χ0v) is 10.9. The van der Waals surface area contributed by atoms with E-state index in [1.165, 1.54) is 0 Å². The molecule has 0 aliphatic carbocycles. The lowest BCUT2D eigenvalue weighted by Crippen LogP contribution is -2.32. The topological polar surface area (TPSA) is 46.3 Å². The van der Waals surface area contributed by atoms with E-state index in [9.17, 15) is 10.3 Å². The number of aromatic hydroxyl groups is 1. The van der Waals surface area contributed by atoms with Gasteiger partial charge in [-0.1, -0.05) is 0 Å². The molecule has 3 heteroatoms. The van der Waals surface area contributed by atoms with Crippen molar-refractivity contribution in [2.24, 2.45) is 0 Å². The molecule has 0 saturated heterocycles. The van der Waals surface area contributed by atoms with Gasteiger partial charge in [-0.25, -0.2) is 4.74 Å². The molecule has 92 valence electrons. The lowest BCUT2D eigenvalue weighted by Gasteiger charge is -2.21. The number of hydroxylamine groups is 1. The van der Waals surface area contributed by atoms with E-state index >= 15 is 0 Å². The van der Waals surface area contributed by atoms with Crippen LogP contribution in [0, 0.1) is 19.1 Å². The summed E-state index contributed by atoms with van der Waals surface area (Å²) in [4.78, 5) is 0. The zero-order valence-electron chi connectivity index (χ0n) is 10.9. The van der Waals surface area contributed by atoms with Gasteiger partial charge in [-0.3, -0.25) is 0 Å². The summed E-state index contributed by atoms with van der Waals surface area (Å²) in [7, 11) is 0. The number of hydrogen-bond acceptors (Lipinski definition) is 2. The van der Waals surface area contributed by atoms with Gasteiger partial charge in [0.25, 0.3) is 0 Å². The third kappa shape index (κ3) is 1.90. The van der Waals surface area contributed by atoms with Crippen molar-refractivity contribution in [1.29, 1.82) is 0 Å². The molecule has 17 heavy (non-hydrogen) atoms. The normalized spacial score (nSPS) is 18.2. The highest BCUT2D eigenvalue weighted by Crippen LogP contribution is 2.31. The van der Waals surface area contributed by atoms with E-state index in [2.05, 4.69) is 0 Å². The van der Waals surface area contributed by atoms with Crippen molar-refractivity contribution < 1.29 is 9.85 Å². The first-order chi connectivity index (χ1) is 7.83. The van der Waals surface area contributed by atoms with E-state index in [1.54, 1.807) is 6.21 Å². The van der Waals surface area contributed by atoms with Gasteiger partial charge in [-0.2, -0.15) is 0 Å². The average Bonchev–Trinajstić information content (AvgIpc) is 2.35. The van der Waals surface area contributed by atoms with E-state index in [4.69, 9.17) is 0 Å². The molecule has 1 aromatic carbocycles. The van der Waals surface area contributed by atoms with Crippen LogP contribution in [0.25, 0.3) is 0 Å². The second-order valence-electron chi connectivity index (χ2n) is 5.50. The molecule has 0 saturated carbocycles. The standard InChI is InChI=1S/C14H19NO2/c1-9-7-11-8-15(17)14(3,4)6-5-12(11)10(2)13(9)16/h7-8,16H,5-6H2,1-4H3. The minimum atomic E-state index is -0.380. The maximum absolute atomic E-state index is 12.0. The number of benzene rings is 1. The van der Waals surface area contributed by atoms with Crippen LogP contribution >= 0.6 is 0 Å². The van der Waals surface area contributed by atoms with Crippen LogP contribution in [-0.4, -0.2) is 21.6 Å². The van der Waals surface area contributed by atoms with Gasteiger partial charge in [-0.15, -0.1) is 0 Å². The third-order valence-corrected chi connectivity index (χ3v) is 3.74. The van der Waals surface area contributed by atoms with Crippen LogP contribution in [0.1, 0.15) is 42.5 Å². The fourth-order valence-corrected chi connectivity index (χ4v) is 2.33. The number of phenolic OH excluding ortho intramolecular Hbond substituents is 1. The molecule has 2 rings (SSSR count). The third-order valence-electron chi connectivity index (χ3n) is 3.74. The van der Waals surface area contributed by atoms with Crippen molar-refractivity contribution >= 4 is 6.21 Å². The van der Waals surface area contributed by atoms with E-state index in [-0.39, 0.29) is 5.54 Å². The molecule has 0 spiro atoms. The summed E-state index contributed by atoms with van der Waals surface area (Å²) >= 11 is 0. The van der Waals surface area contributed by atoms with Crippen molar-refractivity contribution in [3.8, 4) is 5.75 Å². The maximum Gasteiger partial charge on any atom is 0.182 e. The summed E-state index contributed by atoms with van der Waals surface area (Å²) in [6.07, 6.45) is 3.28. The van der Waals surface area contributed by atoms with Crippen molar-refractivity contribution in [2.45, 2.75) is 46.1 Å². The van der Waals surface area contributed by atoms with E-state index in [0.717, 1.165) is 39.8 Å². The summed E-state index contributed by atoms with van der Waals surface area (Å²) in [5.41, 5.74) is 3.39. The van der Waals surface area contributed by atoms with Crippen molar-refractivity contribution in [3.63, 3.8) is 0 Å². The molecule has 0 unspecified atom stereocenters. The molecule has 0 fully saturated rings. The SMILES string of the molecule is Cc1cc2c(c(C)c1O)CCC(C)(C)[N+]([O-])=C2. The Balaban J connectivity index is 2.64. The van der Waals surface area contributed by atoms with Crippen LogP contribution in [-0.2, 0) is 6.42 Å². The van der Waals surface area contributed by atoms with Gasteiger partial charge in [0.15, 0.2) is 11.8 Å². The summed E-state index contributed by atoms with van der Waals surface area (Å²) in [5, 5.41) is 21.9. The van der Waals surface area contributed by atoms with Crippen LogP contribution < -0.4 is 0 Å². The smallest absolute Gasteiger partial charge is 0.182 e. The Morgan fingerprint density at radius 3 is 2.65 bits per heavy atom. The summed E-state index contributed by atoms with van der Waals surface area (Å²) in [5.74, 6) is 0.356. The summed E-state index contributed by atoms with van der Waals surface area (Å²) < 4.78 is 1.04. The first-order valence-electron chi connectivity index (χ1n) is 5.96. The monoisotopic (exact) mass is 233 g/mol. The minimum Gasteiger partial charge on any atom is -0.623 e. The average molecular weight is 233 g/mol. The fraction of sp³-hybridized carbons (Fsp3) is 0.500. The van der Waals surface area contributed by atoms with Crippen LogP contribution in [0.3, 0.4) is 0 Å². The maximum atomic E-state index is 12.0. The second kappa shape index (κ2) is 3.76. The van der Waals surface area contributed by atoms with Crippen LogP contribution in [0.15, 0.2) is 6.07 Å².